The van der Waals surface area contributed by atoms with Gasteiger partial charge < -0.3 is 19.7 Å². The highest BCUT2D eigenvalue weighted by atomic mass is 35.5. The Morgan fingerprint density at radius 1 is 1.19 bits per heavy atom. The van der Waals surface area contributed by atoms with Crippen LogP contribution >= 0.6 is 11.6 Å². The summed E-state index contributed by atoms with van der Waals surface area (Å²) < 4.78 is 10.8. The Balaban J connectivity index is 1.76. The lowest BCUT2D eigenvalue weighted by Crippen LogP contribution is -2.47. The lowest BCUT2D eigenvalue weighted by atomic mass is 10.1. The Hall–Kier alpha value is -1.95. The molecule has 0 atom stereocenters. The van der Waals surface area contributed by atoms with Gasteiger partial charge in [0, 0.05) is 19.1 Å². The summed E-state index contributed by atoms with van der Waals surface area (Å²) in [6.45, 7) is 7.31. The van der Waals surface area contributed by atoms with E-state index in [1.165, 1.54) is 0 Å². The van der Waals surface area contributed by atoms with E-state index in [0.29, 0.717) is 25.9 Å². The maximum Gasteiger partial charge on any atom is 0.409 e. The molecular weight excluding hydrogens is 356 g/mol. The summed E-state index contributed by atoms with van der Waals surface area (Å²) in [7, 11) is 0. The summed E-state index contributed by atoms with van der Waals surface area (Å²) in [6.07, 6.45) is 1.05. The van der Waals surface area contributed by atoms with Crippen LogP contribution in [0.2, 0.25) is 0 Å². The van der Waals surface area contributed by atoms with Crippen molar-refractivity contribution in [2.24, 2.45) is 0 Å². The minimum Gasteiger partial charge on any atom is -0.483 e. The van der Waals surface area contributed by atoms with Crippen LogP contribution in [-0.4, -0.2) is 55.1 Å². The highest BCUT2D eigenvalue weighted by Crippen LogP contribution is 2.25. The second-order valence-corrected chi connectivity index (χ2v) is 6.95. The zero-order valence-corrected chi connectivity index (χ0v) is 16.4. The van der Waals surface area contributed by atoms with Gasteiger partial charge in [-0.15, -0.1) is 11.6 Å². The lowest BCUT2D eigenvalue weighted by Gasteiger charge is -2.31. The Morgan fingerprint density at radius 3 is 2.50 bits per heavy atom. The number of aryl methyl sites for hydroxylation is 2. The Bertz CT molecular complexity index is 643. The van der Waals surface area contributed by atoms with Gasteiger partial charge in [-0.25, -0.2) is 4.79 Å². The molecule has 144 valence electrons. The predicted molar refractivity (Wildman–Crippen MR) is 101 cm³/mol. The number of hydrogen-bond acceptors (Lipinski definition) is 4. The topological polar surface area (TPSA) is 67.9 Å². The number of rotatable bonds is 6. The third kappa shape index (κ3) is 5.53. The molecule has 1 fully saturated rings. The van der Waals surface area contributed by atoms with Crippen molar-refractivity contribution < 1.29 is 19.1 Å². The molecule has 1 aliphatic heterocycles. The van der Waals surface area contributed by atoms with Crippen LogP contribution in [0.25, 0.3) is 0 Å². The first kappa shape index (κ1) is 20.4. The average Bonchev–Trinajstić information content (AvgIpc) is 2.63. The van der Waals surface area contributed by atoms with Crippen LogP contribution in [0.5, 0.6) is 5.75 Å². The number of carbonyl (C=O) groups excluding carboxylic acids is 2. The van der Waals surface area contributed by atoms with Crippen molar-refractivity contribution >= 4 is 23.6 Å². The van der Waals surface area contributed by atoms with E-state index in [-0.39, 0.29) is 37.1 Å². The summed E-state index contributed by atoms with van der Waals surface area (Å²) in [5, 5.41) is 2.98. The van der Waals surface area contributed by atoms with E-state index in [4.69, 9.17) is 21.1 Å². The third-order valence-corrected chi connectivity index (χ3v) is 4.80. The summed E-state index contributed by atoms with van der Waals surface area (Å²) in [5.41, 5.74) is 3.21. The van der Waals surface area contributed by atoms with Crippen LogP contribution < -0.4 is 10.1 Å². The molecule has 0 aromatic heterocycles. The number of carbonyl (C=O) groups is 2. The summed E-state index contributed by atoms with van der Waals surface area (Å²) in [6, 6.07) is 4.08. The Labute approximate surface area is 159 Å². The van der Waals surface area contributed by atoms with Gasteiger partial charge in [-0.2, -0.15) is 0 Å². The molecule has 1 aliphatic rings. The molecular formula is C19H27ClN2O4. The van der Waals surface area contributed by atoms with Gasteiger partial charge in [0.2, 0.25) is 0 Å². The van der Waals surface area contributed by atoms with Crippen molar-refractivity contribution in [1.29, 1.82) is 0 Å². The van der Waals surface area contributed by atoms with Gasteiger partial charge in [-0.3, -0.25) is 4.79 Å². The van der Waals surface area contributed by atoms with E-state index in [0.717, 1.165) is 22.4 Å². The van der Waals surface area contributed by atoms with E-state index in [1.54, 1.807) is 4.90 Å². The van der Waals surface area contributed by atoms with E-state index in [1.807, 2.05) is 32.9 Å². The number of halogens is 1. The fourth-order valence-corrected chi connectivity index (χ4v) is 3.06. The van der Waals surface area contributed by atoms with Gasteiger partial charge in [0.15, 0.2) is 6.61 Å². The molecule has 0 bridgehead atoms. The predicted octanol–water partition coefficient (Wildman–Crippen LogP) is 2.95. The number of nitrogens with zero attached hydrogens (tertiary/aromatic N) is 1. The number of likely N-dealkylation sites (tertiary alicyclic amines) is 1. The van der Waals surface area contributed by atoms with Gasteiger partial charge in [-0.1, -0.05) is 12.1 Å². The summed E-state index contributed by atoms with van der Waals surface area (Å²) >= 11 is 5.51. The van der Waals surface area contributed by atoms with Crippen molar-refractivity contribution in [3.63, 3.8) is 0 Å². The molecule has 0 aliphatic carbocycles. The fraction of sp³-hybridized carbons (Fsp3) is 0.579. The number of amides is 2. The van der Waals surface area contributed by atoms with Crippen molar-refractivity contribution in [1.82, 2.24) is 10.2 Å². The molecule has 1 heterocycles. The highest BCUT2D eigenvalue weighted by Gasteiger charge is 2.24. The molecule has 6 nitrogen and oxygen atoms in total. The molecule has 0 saturated carbocycles. The van der Waals surface area contributed by atoms with E-state index in [9.17, 15) is 9.59 Å². The van der Waals surface area contributed by atoms with Crippen LogP contribution in [0.15, 0.2) is 12.1 Å². The monoisotopic (exact) mass is 382 g/mol. The highest BCUT2D eigenvalue weighted by molar-refractivity contribution is 6.18. The Morgan fingerprint density at radius 2 is 1.85 bits per heavy atom. The average molecular weight is 383 g/mol. The molecule has 2 rings (SSSR count). The van der Waals surface area contributed by atoms with Gasteiger partial charge in [-0.05, 0) is 50.3 Å². The first-order valence-corrected chi connectivity index (χ1v) is 9.42. The van der Waals surface area contributed by atoms with Crippen molar-refractivity contribution in [2.45, 2.75) is 39.7 Å². The van der Waals surface area contributed by atoms with E-state index in [2.05, 4.69) is 5.32 Å². The van der Waals surface area contributed by atoms with Crippen LogP contribution in [-0.2, 0) is 9.53 Å². The van der Waals surface area contributed by atoms with Crippen LogP contribution in [0.1, 0.15) is 29.5 Å². The molecule has 1 aromatic rings. The van der Waals surface area contributed by atoms with Gasteiger partial charge in [0.1, 0.15) is 12.4 Å². The number of alkyl halides is 1. The van der Waals surface area contributed by atoms with E-state index >= 15 is 0 Å². The van der Waals surface area contributed by atoms with Crippen LogP contribution in [0.4, 0.5) is 4.79 Å². The molecule has 26 heavy (non-hydrogen) atoms. The fourth-order valence-electron chi connectivity index (χ4n) is 2.98. The molecule has 0 spiro atoms. The standard InChI is InChI=1S/C19H27ClN2O4/c1-13-4-5-14(2)18(15(13)3)26-12-17(23)21-16-6-9-22(10-7-16)19(24)25-11-8-20/h4-5,16H,6-12H2,1-3H3,(H,21,23). The number of hydrogen-bond donors (Lipinski definition) is 1. The molecule has 7 heteroatoms. The molecule has 0 radical (unpaired) electrons. The van der Waals surface area contributed by atoms with Crippen LogP contribution in [0, 0.1) is 20.8 Å². The molecule has 2 amide bonds. The minimum absolute atomic E-state index is 0.0108. The normalized spacial score (nSPS) is 14.8. The van der Waals surface area contributed by atoms with Crippen molar-refractivity contribution in [2.75, 3.05) is 32.2 Å². The second kappa shape index (κ2) is 9.67. The smallest absolute Gasteiger partial charge is 0.409 e. The molecule has 1 saturated heterocycles. The zero-order chi connectivity index (χ0) is 19.1. The van der Waals surface area contributed by atoms with Crippen molar-refractivity contribution in [3.05, 3.63) is 28.8 Å². The number of piperidine rings is 1. The molecule has 0 unspecified atom stereocenters. The third-order valence-electron chi connectivity index (χ3n) is 4.64. The SMILES string of the molecule is Cc1ccc(C)c(OCC(=O)NC2CCN(C(=O)OCCCl)CC2)c1C. The summed E-state index contributed by atoms with van der Waals surface area (Å²) in [5.74, 6) is 0.920. The van der Waals surface area contributed by atoms with E-state index < -0.39 is 0 Å². The summed E-state index contributed by atoms with van der Waals surface area (Å²) in [4.78, 5) is 25.6. The lowest BCUT2D eigenvalue weighted by molar-refractivity contribution is -0.124. The maximum atomic E-state index is 12.2. The first-order chi connectivity index (χ1) is 12.4. The quantitative estimate of drug-likeness (QED) is 0.768. The number of nitrogens with one attached hydrogen (secondary N) is 1. The van der Waals surface area contributed by atoms with Gasteiger partial charge in [0.05, 0.1) is 5.88 Å². The molecule has 1 N–H and O–H groups in total. The van der Waals surface area contributed by atoms with Gasteiger partial charge in [0.25, 0.3) is 5.91 Å². The van der Waals surface area contributed by atoms with Crippen molar-refractivity contribution in [3.8, 4) is 5.75 Å². The molecule has 1 aromatic carbocycles. The number of ether oxygens (including phenoxy) is 2. The largest absolute Gasteiger partial charge is 0.483 e. The second-order valence-electron chi connectivity index (χ2n) is 6.57. The maximum absolute atomic E-state index is 12.2. The number of benzene rings is 1. The Kier molecular flexibility index (Phi) is 7.57. The van der Waals surface area contributed by atoms with Gasteiger partial charge >= 0.3 is 6.09 Å². The van der Waals surface area contributed by atoms with Crippen LogP contribution in [0.3, 0.4) is 0 Å². The minimum atomic E-state index is -0.343. The zero-order valence-electron chi connectivity index (χ0n) is 15.6. The first-order valence-electron chi connectivity index (χ1n) is 8.89.